The van der Waals surface area contributed by atoms with Crippen LogP contribution in [0.25, 0.3) is 0 Å². The fraction of sp³-hybridized carbons (Fsp3) is 0.846. The Hall–Kier alpha value is -1.06. The van der Waals surface area contributed by atoms with Crippen molar-refractivity contribution in [3.63, 3.8) is 0 Å². The summed E-state index contributed by atoms with van der Waals surface area (Å²) in [5.74, 6) is 0.569. The molecular weight excluding hydrogens is 218 g/mol. The summed E-state index contributed by atoms with van der Waals surface area (Å²) in [5.41, 5.74) is 0. The third-order valence-electron chi connectivity index (χ3n) is 3.76. The van der Waals surface area contributed by atoms with Crippen LogP contribution >= 0.6 is 0 Å². The van der Waals surface area contributed by atoms with Gasteiger partial charge in [0.1, 0.15) is 0 Å². The molecule has 1 rings (SSSR count). The Kier molecular flexibility index (Phi) is 5.45. The fourth-order valence-electron chi connectivity index (χ4n) is 2.38. The number of carboxylic acid groups (broad SMARTS) is 1. The Morgan fingerprint density at radius 3 is 2.47 bits per heavy atom. The molecule has 1 amide bonds. The van der Waals surface area contributed by atoms with E-state index in [0.29, 0.717) is 24.8 Å². The number of hydrogen-bond donors (Lipinski definition) is 2. The largest absolute Gasteiger partial charge is 0.481 e. The molecule has 17 heavy (non-hydrogen) atoms. The van der Waals surface area contributed by atoms with Gasteiger partial charge in [0.2, 0.25) is 5.91 Å². The minimum absolute atomic E-state index is 0.00185. The van der Waals surface area contributed by atoms with Gasteiger partial charge in [-0.15, -0.1) is 0 Å². The molecule has 3 atom stereocenters. The summed E-state index contributed by atoms with van der Waals surface area (Å²) in [7, 11) is 0. The van der Waals surface area contributed by atoms with E-state index in [1.54, 1.807) is 0 Å². The first-order chi connectivity index (χ1) is 7.99. The normalized spacial score (nSPS) is 28.7. The fourth-order valence-corrected chi connectivity index (χ4v) is 2.38. The highest BCUT2D eigenvalue weighted by molar-refractivity contribution is 5.77. The predicted octanol–water partition coefficient (Wildman–Crippen LogP) is 2.18. The van der Waals surface area contributed by atoms with Crippen molar-refractivity contribution in [2.45, 2.75) is 58.4 Å². The minimum Gasteiger partial charge on any atom is -0.481 e. The number of nitrogens with one attached hydrogen (secondary N) is 1. The summed E-state index contributed by atoms with van der Waals surface area (Å²) in [4.78, 5) is 21.9. The summed E-state index contributed by atoms with van der Waals surface area (Å²) >= 11 is 0. The first kappa shape index (κ1) is 14.0. The summed E-state index contributed by atoms with van der Waals surface area (Å²) < 4.78 is 0. The van der Waals surface area contributed by atoms with Crippen LogP contribution in [-0.2, 0) is 9.59 Å². The Morgan fingerprint density at radius 1 is 1.18 bits per heavy atom. The van der Waals surface area contributed by atoms with Gasteiger partial charge in [-0.1, -0.05) is 13.8 Å². The lowest BCUT2D eigenvalue weighted by Gasteiger charge is -2.32. The average Bonchev–Trinajstić information content (AvgIpc) is 2.23. The maximum Gasteiger partial charge on any atom is 0.303 e. The lowest BCUT2D eigenvalue weighted by molar-refractivity contribution is -0.137. The predicted molar refractivity (Wildman–Crippen MR) is 65.6 cm³/mol. The van der Waals surface area contributed by atoms with Gasteiger partial charge in [0.05, 0.1) is 0 Å². The third kappa shape index (κ3) is 5.20. The highest BCUT2D eigenvalue weighted by Gasteiger charge is 2.25. The third-order valence-corrected chi connectivity index (χ3v) is 3.76. The highest BCUT2D eigenvalue weighted by atomic mass is 16.4. The lowest BCUT2D eigenvalue weighted by Crippen LogP contribution is -2.39. The molecule has 0 saturated heterocycles. The zero-order chi connectivity index (χ0) is 12.8. The molecular formula is C13H23NO3. The van der Waals surface area contributed by atoms with Crippen molar-refractivity contribution in [2.24, 2.45) is 11.8 Å². The molecule has 0 aromatic heterocycles. The average molecular weight is 241 g/mol. The van der Waals surface area contributed by atoms with E-state index in [0.717, 1.165) is 18.8 Å². The summed E-state index contributed by atoms with van der Waals surface area (Å²) in [6.07, 6.45) is 4.10. The first-order valence-corrected chi connectivity index (χ1v) is 6.50. The standard InChI is InChI=1S/C13H23NO3/c1-9-6-7-11(8-10(9)2)14-12(15)4-3-5-13(16)17/h9-11H,3-8H2,1-2H3,(H,14,15)(H,16,17). The van der Waals surface area contributed by atoms with E-state index in [4.69, 9.17) is 5.11 Å². The Balaban J connectivity index is 2.20. The van der Waals surface area contributed by atoms with Crippen LogP contribution < -0.4 is 5.32 Å². The molecule has 0 heterocycles. The Bertz CT molecular complexity index is 278. The second-order valence-electron chi connectivity index (χ2n) is 5.28. The molecule has 98 valence electrons. The summed E-state index contributed by atoms with van der Waals surface area (Å²) in [5, 5.41) is 11.5. The molecule has 4 heteroatoms. The quantitative estimate of drug-likeness (QED) is 0.775. The Labute approximate surface area is 103 Å². The van der Waals surface area contributed by atoms with E-state index in [1.807, 2.05) is 0 Å². The molecule has 1 aliphatic rings. The number of carboxylic acids is 1. The highest BCUT2D eigenvalue weighted by Crippen LogP contribution is 2.29. The van der Waals surface area contributed by atoms with Gasteiger partial charge < -0.3 is 10.4 Å². The molecule has 3 unspecified atom stereocenters. The molecule has 2 N–H and O–H groups in total. The molecule has 1 fully saturated rings. The van der Waals surface area contributed by atoms with E-state index in [2.05, 4.69) is 19.2 Å². The minimum atomic E-state index is -0.835. The van der Waals surface area contributed by atoms with E-state index >= 15 is 0 Å². The molecule has 0 aromatic rings. The monoisotopic (exact) mass is 241 g/mol. The summed E-state index contributed by atoms with van der Waals surface area (Å²) in [6, 6.07) is 0.290. The molecule has 0 aromatic carbocycles. The molecule has 4 nitrogen and oxygen atoms in total. The van der Waals surface area contributed by atoms with Gasteiger partial charge in [-0.25, -0.2) is 0 Å². The smallest absolute Gasteiger partial charge is 0.303 e. The van der Waals surface area contributed by atoms with Crippen LogP contribution in [0.2, 0.25) is 0 Å². The van der Waals surface area contributed by atoms with Crippen molar-refractivity contribution >= 4 is 11.9 Å². The molecule has 1 aliphatic carbocycles. The lowest BCUT2D eigenvalue weighted by atomic mass is 9.79. The van der Waals surface area contributed by atoms with Crippen LogP contribution in [-0.4, -0.2) is 23.0 Å². The van der Waals surface area contributed by atoms with Gasteiger partial charge >= 0.3 is 5.97 Å². The van der Waals surface area contributed by atoms with Crippen LogP contribution in [0.1, 0.15) is 52.4 Å². The van der Waals surface area contributed by atoms with Crippen LogP contribution in [0, 0.1) is 11.8 Å². The number of amides is 1. The van der Waals surface area contributed by atoms with Crippen LogP contribution in [0.5, 0.6) is 0 Å². The van der Waals surface area contributed by atoms with Crippen LogP contribution in [0.4, 0.5) is 0 Å². The van der Waals surface area contributed by atoms with Gasteiger partial charge in [-0.2, -0.15) is 0 Å². The first-order valence-electron chi connectivity index (χ1n) is 6.50. The van der Waals surface area contributed by atoms with Gasteiger partial charge in [-0.3, -0.25) is 9.59 Å². The maximum atomic E-state index is 11.6. The van der Waals surface area contributed by atoms with Crippen molar-refractivity contribution in [1.29, 1.82) is 0 Å². The topological polar surface area (TPSA) is 66.4 Å². The number of rotatable bonds is 5. The number of carbonyl (C=O) groups excluding carboxylic acids is 1. The van der Waals surface area contributed by atoms with Crippen LogP contribution in [0.3, 0.4) is 0 Å². The zero-order valence-electron chi connectivity index (χ0n) is 10.7. The summed E-state index contributed by atoms with van der Waals surface area (Å²) in [6.45, 7) is 4.49. The van der Waals surface area contributed by atoms with Crippen molar-refractivity contribution in [3.05, 3.63) is 0 Å². The van der Waals surface area contributed by atoms with E-state index in [9.17, 15) is 9.59 Å². The van der Waals surface area contributed by atoms with Gasteiger partial charge in [0.25, 0.3) is 0 Å². The molecule has 1 saturated carbocycles. The van der Waals surface area contributed by atoms with Crippen molar-refractivity contribution in [1.82, 2.24) is 5.32 Å². The van der Waals surface area contributed by atoms with Gasteiger partial charge in [0.15, 0.2) is 0 Å². The maximum absolute atomic E-state index is 11.6. The van der Waals surface area contributed by atoms with E-state index in [1.165, 1.54) is 6.42 Å². The van der Waals surface area contributed by atoms with Crippen molar-refractivity contribution in [3.8, 4) is 0 Å². The van der Waals surface area contributed by atoms with E-state index in [-0.39, 0.29) is 12.3 Å². The van der Waals surface area contributed by atoms with Gasteiger partial charge in [-0.05, 0) is 37.5 Å². The van der Waals surface area contributed by atoms with E-state index < -0.39 is 5.97 Å². The van der Waals surface area contributed by atoms with Crippen LogP contribution in [0.15, 0.2) is 0 Å². The second kappa shape index (κ2) is 6.62. The Morgan fingerprint density at radius 2 is 1.88 bits per heavy atom. The van der Waals surface area contributed by atoms with Crippen molar-refractivity contribution in [2.75, 3.05) is 0 Å². The molecule has 0 aliphatic heterocycles. The number of hydrogen-bond acceptors (Lipinski definition) is 2. The number of carbonyl (C=O) groups is 2. The second-order valence-corrected chi connectivity index (χ2v) is 5.28. The molecule has 0 radical (unpaired) electrons. The molecule has 0 bridgehead atoms. The number of aliphatic carboxylic acids is 1. The van der Waals surface area contributed by atoms with Crippen molar-refractivity contribution < 1.29 is 14.7 Å². The molecule has 0 spiro atoms. The van der Waals surface area contributed by atoms with Gasteiger partial charge in [0, 0.05) is 18.9 Å². The SMILES string of the molecule is CC1CCC(NC(=O)CCCC(=O)O)CC1C. The zero-order valence-corrected chi connectivity index (χ0v) is 10.7.